The van der Waals surface area contributed by atoms with Crippen LogP contribution in [-0.2, 0) is 14.3 Å². The number of benzene rings is 1. The number of piperidine rings is 1. The van der Waals surface area contributed by atoms with Gasteiger partial charge in [-0.15, -0.1) is 0 Å². The largest absolute Gasteiger partial charge is 0.450 e. The molecule has 1 aliphatic heterocycles. The molecule has 154 valence electrons. The number of rotatable bonds is 5. The molecule has 28 heavy (non-hydrogen) atoms. The summed E-state index contributed by atoms with van der Waals surface area (Å²) in [5.41, 5.74) is 1.73. The predicted molar refractivity (Wildman–Crippen MR) is 108 cm³/mol. The predicted octanol–water partition coefficient (Wildman–Crippen LogP) is 3.10. The molecule has 1 saturated heterocycles. The van der Waals surface area contributed by atoms with Crippen molar-refractivity contribution in [2.45, 2.75) is 53.0 Å². The summed E-state index contributed by atoms with van der Waals surface area (Å²) in [6.45, 7) is 10.5. The Balaban J connectivity index is 2.31. The van der Waals surface area contributed by atoms with Crippen molar-refractivity contribution in [3.63, 3.8) is 0 Å². The lowest BCUT2D eigenvalue weighted by Gasteiger charge is -2.46. The first-order valence-electron chi connectivity index (χ1n) is 9.84. The van der Waals surface area contributed by atoms with E-state index < -0.39 is 5.54 Å². The van der Waals surface area contributed by atoms with E-state index in [1.807, 2.05) is 39.0 Å². The molecular weight excluding hydrogens is 358 g/mol. The minimum atomic E-state index is -0.988. The van der Waals surface area contributed by atoms with Crippen LogP contribution in [0.3, 0.4) is 0 Å². The number of anilines is 1. The first-order chi connectivity index (χ1) is 13.3. The van der Waals surface area contributed by atoms with Gasteiger partial charge in [0, 0.05) is 32.2 Å². The lowest BCUT2D eigenvalue weighted by molar-refractivity contribution is -0.146. The van der Waals surface area contributed by atoms with Crippen LogP contribution < -0.4 is 5.32 Å². The number of likely N-dealkylation sites (N-methyl/N-ethyl adjacent to an activating group) is 1. The van der Waals surface area contributed by atoms with Crippen LogP contribution in [0.5, 0.6) is 0 Å². The lowest BCUT2D eigenvalue weighted by atomic mass is 9.84. The molecule has 7 heteroatoms. The Hall–Kier alpha value is -2.57. The number of hydrogen-bond donors (Lipinski definition) is 1. The second-order valence-electron chi connectivity index (χ2n) is 7.20. The molecule has 0 aliphatic carbocycles. The molecule has 0 aromatic heterocycles. The van der Waals surface area contributed by atoms with Crippen molar-refractivity contribution in [2.24, 2.45) is 0 Å². The number of carbonyl (C=O) groups is 3. The number of likely N-dealkylation sites (tertiary alicyclic amines) is 1. The van der Waals surface area contributed by atoms with E-state index in [0.717, 1.165) is 16.8 Å². The maximum absolute atomic E-state index is 13.5. The van der Waals surface area contributed by atoms with E-state index in [1.165, 1.54) is 6.92 Å². The van der Waals surface area contributed by atoms with Gasteiger partial charge in [0.05, 0.1) is 6.61 Å². The van der Waals surface area contributed by atoms with E-state index in [4.69, 9.17) is 4.74 Å². The third kappa shape index (κ3) is 4.29. The van der Waals surface area contributed by atoms with Gasteiger partial charge in [-0.3, -0.25) is 9.59 Å². The number of ether oxygens (including phenoxy) is 1. The van der Waals surface area contributed by atoms with Crippen molar-refractivity contribution in [1.82, 2.24) is 9.80 Å². The number of aryl methyl sites for hydroxylation is 2. The zero-order valence-corrected chi connectivity index (χ0v) is 17.5. The molecule has 0 spiro atoms. The van der Waals surface area contributed by atoms with Gasteiger partial charge in [0.15, 0.2) is 0 Å². The van der Waals surface area contributed by atoms with Crippen LogP contribution >= 0.6 is 0 Å². The second-order valence-corrected chi connectivity index (χ2v) is 7.20. The Morgan fingerprint density at radius 2 is 1.71 bits per heavy atom. The third-order valence-electron chi connectivity index (χ3n) is 5.47. The molecule has 1 heterocycles. The van der Waals surface area contributed by atoms with Crippen LogP contribution in [0.15, 0.2) is 18.2 Å². The number of hydrogen-bond acceptors (Lipinski definition) is 4. The fraction of sp³-hybridized carbons (Fsp3) is 0.571. The first kappa shape index (κ1) is 21.7. The second kappa shape index (κ2) is 9.08. The number of nitrogens with zero attached hydrogens (tertiary/aromatic N) is 2. The van der Waals surface area contributed by atoms with Crippen molar-refractivity contribution in [3.05, 3.63) is 29.3 Å². The highest BCUT2D eigenvalue weighted by atomic mass is 16.6. The summed E-state index contributed by atoms with van der Waals surface area (Å²) in [5, 5.41) is 3.06. The van der Waals surface area contributed by atoms with Crippen molar-refractivity contribution >= 4 is 23.6 Å². The Labute approximate surface area is 167 Å². The maximum atomic E-state index is 13.5. The molecule has 1 aliphatic rings. The van der Waals surface area contributed by atoms with E-state index in [2.05, 4.69) is 5.32 Å². The molecule has 0 atom stereocenters. The van der Waals surface area contributed by atoms with E-state index in [-0.39, 0.29) is 17.9 Å². The number of carbonyl (C=O) groups excluding carboxylic acids is 3. The highest BCUT2D eigenvalue weighted by molar-refractivity contribution is 6.01. The van der Waals surface area contributed by atoms with E-state index in [0.29, 0.717) is 39.1 Å². The average molecular weight is 389 g/mol. The molecule has 1 aromatic rings. The van der Waals surface area contributed by atoms with E-state index in [9.17, 15) is 14.4 Å². The number of nitrogens with one attached hydrogen (secondary N) is 1. The van der Waals surface area contributed by atoms with Gasteiger partial charge in [0.2, 0.25) is 5.91 Å². The van der Waals surface area contributed by atoms with Gasteiger partial charge >= 0.3 is 6.09 Å². The van der Waals surface area contributed by atoms with Crippen molar-refractivity contribution in [2.75, 3.05) is 31.6 Å². The number of amides is 3. The van der Waals surface area contributed by atoms with Crippen LogP contribution in [-0.4, -0.2) is 59.5 Å². The Bertz CT molecular complexity index is 719. The van der Waals surface area contributed by atoms with E-state index >= 15 is 0 Å². The SMILES string of the molecule is CCOC(=O)N1CCC(C(=O)Nc2c(C)cccc2C)(N(CC)C(C)=O)CC1. The lowest BCUT2D eigenvalue weighted by Crippen LogP contribution is -2.63. The fourth-order valence-corrected chi connectivity index (χ4v) is 3.96. The molecule has 0 unspecified atom stereocenters. The summed E-state index contributed by atoms with van der Waals surface area (Å²) in [6.07, 6.45) is 0.364. The minimum absolute atomic E-state index is 0.149. The molecule has 7 nitrogen and oxygen atoms in total. The highest BCUT2D eigenvalue weighted by Gasteiger charge is 2.48. The zero-order valence-electron chi connectivity index (χ0n) is 17.5. The van der Waals surface area contributed by atoms with Gasteiger partial charge in [-0.25, -0.2) is 4.79 Å². The summed E-state index contributed by atoms with van der Waals surface area (Å²) < 4.78 is 5.08. The summed E-state index contributed by atoms with van der Waals surface area (Å²) in [4.78, 5) is 41.1. The topological polar surface area (TPSA) is 79.0 Å². The summed E-state index contributed by atoms with van der Waals surface area (Å²) in [7, 11) is 0. The van der Waals surface area contributed by atoms with Crippen molar-refractivity contribution in [1.29, 1.82) is 0 Å². The molecule has 0 saturated carbocycles. The van der Waals surface area contributed by atoms with Gasteiger partial charge in [0.1, 0.15) is 5.54 Å². The van der Waals surface area contributed by atoms with Crippen LogP contribution in [0.4, 0.5) is 10.5 Å². The summed E-state index contributed by atoms with van der Waals surface area (Å²) in [5.74, 6) is -0.353. The molecule has 1 fully saturated rings. The van der Waals surface area contributed by atoms with Gasteiger partial charge in [-0.2, -0.15) is 0 Å². The van der Waals surface area contributed by atoms with Crippen LogP contribution in [0.25, 0.3) is 0 Å². The normalized spacial score (nSPS) is 15.7. The van der Waals surface area contributed by atoms with E-state index in [1.54, 1.807) is 16.7 Å². The molecule has 0 radical (unpaired) electrons. The summed E-state index contributed by atoms with van der Waals surface area (Å²) in [6, 6.07) is 5.84. The molecule has 1 aromatic carbocycles. The third-order valence-corrected chi connectivity index (χ3v) is 5.47. The van der Waals surface area contributed by atoms with Gasteiger partial charge < -0.3 is 19.9 Å². The Morgan fingerprint density at radius 1 is 1.14 bits per heavy atom. The fourth-order valence-electron chi connectivity index (χ4n) is 3.96. The van der Waals surface area contributed by atoms with Gasteiger partial charge in [-0.05, 0) is 51.7 Å². The quantitative estimate of drug-likeness (QED) is 0.839. The van der Waals surface area contributed by atoms with Crippen molar-refractivity contribution < 1.29 is 19.1 Å². The maximum Gasteiger partial charge on any atom is 0.409 e. The molecular formula is C21H31N3O4. The van der Waals surface area contributed by atoms with Crippen LogP contribution in [0.1, 0.15) is 44.7 Å². The van der Waals surface area contributed by atoms with Gasteiger partial charge in [-0.1, -0.05) is 18.2 Å². The Kier molecular flexibility index (Phi) is 7.05. The Morgan fingerprint density at radius 3 is 2.18 bits per heavy atom. The van der Waals surface area contributed by atoms with Crippen molar-refractivity contribution in [3.8, 4) is 0 Å². The van der Waals surface area contributed by atoms with Crippen LogP contribution in [0.2, 0.25) is 0 Å². The smallest absolute Gasteiger partial charge is 0.409 e. The zero-order chi connectivity index (χ0) is 20.9. The molecule has 2 rings (SSSR count). The minimum Gasteiger partial charge on any atom is -0.450 e. The van der Waals surface area contributed by atoms with Crippen LogP contribution in [0, 0.1) is 13.8 Å². The molecule has 1 N–H and O–H groups in total. The number of para-hydroxylation sites is 1. The first-order valence-corrected chi connectivity index (χ1v) is 9.84. The average Bonchev–Trinajstić information content (AvgIpc) is 2.65. The van der Waals surface area contributed by atoms with Gasteiger partial charge in [0.25, 0.3) is 5.91 Å². The monoisotopic (exact) mass is 389 g/mol. The highest BCUT2D eigenvalue weighted by Crippen LogP contribution is 2.32. The molecule has 3 amide bonds. The standard InChI is InChI=1S/C21H31N3O4/c1-6-24(17(5)25)21(11-13-23(14-12-21)20(27)28-7-2)19(26)22-18-15(3)9-8-10-16(18)4/h8-10H,6-7,11-14H2,1-5H3,(H,22,26). The summed E-state index contributed by atoms with van der Waals surface area (Å²) >= 11 is 0. The molecule has 0 bridgehead atoms.